The molecule has 0 unspecified atom stereocenters. The Kier molecular flexibility index (Phi) is 4.29. The van der Waals surface area contributed by atoms with E-state index in [4.69, 9.17) is 0 Å². The highest BCUT2D eigenvalue weighted by Gasteiger charge is 2.17. The SMILES string of the molecule is O=C(CCS(=O)(=O)c1cccc(F)c1)c1ccccc1. The quantitative estimate of drug-likeness (QED) is 0.796. The van der Waals surface area contributed by atoms with E-state index in [1.54, 1.807) is 30.3 Å². The third kappa shape index (κ3) is 3.51. The van der Waals surface area contributed by atoms with Crippen molar-refractivity contribution in [2.45, 2.75) is 11.3 Å². The topological polar surface area (TPSA) is 51.2 Å². The van der Waals surface area contributed by atoms with Gasteiger partial charge in [0.25, 0.3) is 0 Å². The summed E-state index contributed by atoms with van der Waals surface area (Å²) in [5.41, 5.74) is 0.474. The average molecular weight is 292 g/mol. The summed E-state index contributed by atoms with van der Waals surface area (Å²) in [6.07, 6.45) is -0.122. The van der Waals surface area contributed by atoms with Gasteiger partial charge in [-0.15, -0.1) is 0 Å². The number of hydrogen-bond acceptors (Lipinski definition) is 3. The third-order valence-corrected chi connectivity index (χ3v) is 4.56. The van der Waals surface area contributed by atoms with E-state index in [0.717, 1.165) is 6.07 Å². The number of rotatable bonds is 5. The molecular weight excluding hydrogens is 279 g/mol. The molecule has 0 spiro atoms. The van der Waals surface area contributed by atoms with Crippen molar-refractivity contribution in [3.8, 4) is 0 Å². The fraction of sp³-hybridized carbons (Fsp3) is 0.133. The van der Waals surface area contributed by atoms with Crippen molar-refractivity contribution < 1.29 is 17.6 Å². The molecule has 2 aromatic rings. The third-order valence-electron chi connectivity index (χ3n) is 2.85. The van der Waals surface area contributed by atoms with E-state index in [0.29, 0.717) is 5.56 Å². The summed E-state index contributed by atoms with van der Waals surface area (Å²) in [5.74, 6) is -1.18. The Morgan fingerprint density at radius 3 is 2.35 bits per heavy atom. The number of halogens is 1. The summed E-state index contributed by atoms with van der Waals surface area (Å²) in [6.45, 7) is 0. The molecule has 20 heavy (non-hydrogen) atoms. The highest BCUT2D eigenvalue weighted by molar-refractivity contribution is 7.91. The van der Waals surface area contributed by atoms with Gasteiger partial charge in [0.2, 0.25) is 0 Å². The van der Waals surface area contributed by atoms with Crippen LogP contribution in [0.4, 0.5) is 4.39 Å². The summed E-state index contributed by atoms with van der Waals surface area (Å²) < 4.78 is 37.0. The van der Waals surface area contributed by atoms with E-state index in [-0.39, 0.29) is 22.9 Å². The number of carbonyl (C=O) groups excluding carboxylic acids is 1. The van der Waals surface area contributed by atoms with Gasteiger partial charge >= 0.3 is 0 Å². The van der Waals surface area contributed by atoms with Gasteiger partial charge in [-0.3, -0.25) is 4.79 Å². The van der Waals surface area contributed by atoms with E-state index < -0.39 is 15.7 Å². The van der Waals surface area contributed by atoms with Crippen molar-refractivity contribution in [3.05, 3.63) is 66.0 Å². The lowest BCUT2D eigenvalue weighted by molar-refractivity contribution is 0.0989. The lowest BCUT2D eigenvalue weighted by Crippen LogP contribution is -2.12. The van der Waals surface area contributed by atoms with Gasteiger partial charge in [-0.2, -0.15) is 0 Å². The Hall–Kier alpha value is -2.01. The molecular formula is C15H13FO3S. The van der Waals surface area contributed by atoms with Crippen LogP contribution in [-0.4, -0.2) is 20.0 Å². The summed E-state index contributed by atoms with van der Waals surface area (Å²) in [6, 6.07) is 13.3. The van der Waals surface area contributed by atoms with E-state index >= 15 is 0 Å². The van der Waals surface area contributed by atoms with E-state index in [1.807, 2.05) is 0 Å². The Morgan fingerprint density at radius 1 is 1.00 bits per heavy atom. The van der Waals surface area contributed by atoms with Crippen LogP contribution in [0.1, 0.15) is 16.8 Å². The molecule has 2 aromatic carbocycles. The van der Waals surface area contributed by atoms with Crippen LogP contribution in [0.3, 0.4) is 0 Å². The van der Waals surface area contributed by atoms with Gasteiger partial charge < -0.3 is 0 Å². The molecule has 0 radical (unpaired) electrons. The Labute approximate surface area is 117 Å². The molecule has 0 aliphatic heterocycles. The monoisotopic (exact) mass is 292 g/mol. The molecule has 2 rings (SSSR count). The Balaban J connectivity index is 2.09. The molecule has 0 aromatic heterocycles. The Morgan fingerprint density at radius 2 is 1.70 bits per heavy atom. The zero-order valence-electron chi connectivity index (χ0n) is 10.6. The van der Waals surface area contributed by atoms with Gasteiger partial charge in [-0.25, -0.2) is 12.8 Å². The number of sulfone groups is 1. The lowest BCUT2D eigenvalue weighted by Gasteiger charge is -2.04. The van der Waals surface area contributed by atoms with E-state index in [2.05, 4.69) is 0 Å². The molecule has 0 bridgehead atoms. The van der Waals surface area contributed by atoms with Crippen LogP contribution in [0.15, 0.2) is 59.5 Å². The highest BCUT2D eigenvalue weighted by Crippen LogP contribution is 2.14. The van der Waals surface area contributed by atoms with Crippen LogP contribution in [0.5, 0.6) is 0 Å². The van der Waals surface area contributed by atoms with Gasteiger partial charge in [0.1, 0.15) is 5.82 Å². The number of Topliss-reactive ketones (excluding diaryl/α,β-unsaturated/α-hetero) is 1. The molecule has 0 aliphatic rings. The molecule has 0 atom stereocenters. The van der Waals surface area contributed by atoms with Gasteiger partial charge in [0.15, 0.2) is 15.6 Å². The molecule has 5 heteroatoms. The minimum Gasteiger partial charge on any atom is -0.294 e. The van der Waals surface area contributed by atoms with Crippen molar-refractivity contribution >= 4 is 15.6 Å². The predicted molar refractivity (Wildman–Crippen MR) is 73.8 cm³/mol. The fourth-order valence-electron chi connectivity index (χ4n) is 1.77. The first kappa shape index (κ1) is 14.4. The summed E-state index contributed by atoms with van der Waals surface area (Å²) in [7, 11) is -3.65. The maximum Gasteiger partial charge on any atom is 0.178 e. The molecule has 0 saturated carbocycles. The average Bonchev–Trinajstić information content (AvgIpc) is 2.46. The molecule has 0 N–H and O–H groups in total. The van der Waals surface area contributed by atoms with Crippen LogP contribution >= 0.6 is 0 Å². The first-order valence-electron chi connectivity index (χ1n) is 6.05. The van der Waals surface area contributed by atoms with Crippen LogP contribution in [0.25, 0.3) is 0 Å². The first-order chi connectivity index (χ1) is 9.49. The minimum atomic E-state index is -3.65. The number of ketones is 1. The van der Waals surface area contributed by atoms with Crippen molar-refractivity contribution in [1.82, 2.24) is 0 Å². The van der Waals surface area contributed by atoms with Crippen LogP contribution in [0.2, 0.25) is 0 Å². The molecule has 0 fully saturated rings. The zero-order chi connectivity index (χ0) is 14.6. The molecule has 0 saturated heterocycles. The maximum absolute atomic E-state index is 13.0. The standard InChI is InChI=1S/C15H13FO3S/c16-13-7-4-8-14(11-13)20(18,19)10-9-15(17)12-5-2-1-3-6-12/h1-8,11H,9-10H2. The molecule has 3 nitrogen and oxygen atoms in total. The van der Waals surface area contributed by atoms with Crippen LogP contribution < -0.4 is 0 Å². The van der Waals surface area contributed by atoms with Crippen molar-refractivity contribution in [2.75, 3.05) is 5.75 Å². The van der Waals surface area contributed by atoms with Gasteiger partial charge in [-0.05, 0) is 18.2 Å². The summed E-state index contributed by atoms with van der Waals surface area (Å²) >= 11 is 0. The molecule has 0 heterocycles. The first-order valence-corrected chi connectivity index (χ1v) is 7.71. The normalized spacial score (nSPS) is 11.2. The van der Waals surface area contributed by atoms with Crippen molar-refractivity contribution in [1.29, 1.82) is 0 Å². The van der Waals surface area contributed by atoms with Gasteiger partial charge in [-0.1, -0.05) is 36.4 Å². The van der Waals surface area contributed by atoms with Crippen molar-refractivity contribution in [2.24, 2.45) is 0 Å². The van der Waals surface area contributed by atoms with Gasteiger partial charge in [0, 0.05) is 12.0 Å². The fourth-order valence-corrected chi connectivity index (χ4v) is 3.04. The maximum atomic E-state index is 13.0. The van der Waals surface area contributed by atoms with E-state index in [9.17, 15) is 17.6 Å². The lowest BCUT2D eigenvalue weighted by atomic mass is 10.1. The predicted octanol–water partition coefficient (Wildman–Crippen LogP) is 2.87. The molecule has 104 valence electrons. The summed E-state index contributed by atoms with van der Waals surface area (Å²) in [4.78, 5) is 11.8. The van der Waals surface area contributed by atoms with Crippen molar-refractivity contribution in [3.63, 3.8) is 0 Å². The van der Waals surface area contributed by atoms with Gasteiger partial charge in [0.05, 0.1) is 10.6 Å². The number of carbonyl (C=O) groups is 1. The summed E-state index contributed by atoms with van der Waals surface area (Å²) in [5, 5.41) is 0. The minimum absolute atomic E-state index is 0.0987. The second kappa shape index (κ2) is 5.96. The van der Waals surface area contributed by atoms with Crippen LogP contribution in [0, 0.1) is 5.82 Å². The molecule has 0 amide bonds. The second-order valence-corrected chi connectivity index (χ2v) is 6.42. The van der Waals surface area contributed by atoms with Crippen LogP contribution in [-0.2, 0) is 9.84 Å². The van der Waals surface area contributed by atoms with E-state index in [1.165, 1.54) is 18.2 Å². The molecule has 0 aliphatic carbocycles. The smallest absolute Gasteiger partial charge is 0.178 e. The zero-order valence-corrected chi connectivity index (χ0v) is 11.4. The second-order valence-electron chi connectivity index (χ2n) is 4.32. The largest absolute Gasteiger partial charge is 0.294 e. The Bertz CT molecular complexity index is 709. The highest BCUT2D eigenvalue weighted by atomic mass is 32.2. The number of benzene rings is 2. The number of hydrogen-bond donors (Lipinski definition) is 0.